The van der Waals surface area contributed by atoms with Crippen molar-refractivity contribution in [1.29, 1.82) is 0 Å². The molecule has 0 amide bonds. The molecule has 2 aromatic carbocycles. The van der Waals surface area contributed by atoms with Crippen molar-refractivity contribution in [3.05, 3.63) is 71.6 Å². The first-order valence-corrected chi connectivity index (χ1v) is 11.1. The Labute approximate surface area is 193 Å². The van der Waals surface area contributed by atoms with Gasteiger partial charge in [-0.15, -0.1) is 10.2 Å². The minimum Gasteiger partial charge on any atom is -0.486 e. The van der Waals surface area contributed by atoms with E-state index in [-0.39, 0.29) is 18.4 Å². The largest absolute Gasteiger partial charge is 0.486 e. The van der Waals surface area contributed by atoms with Crippen LogP contribution in [0.4, 0.5) is 22.0 Å². The Bertz CT molecular complexity index is 1230. The molecule has 33 heavy (non-hydrogen) atoms. The Morgan fingerprint density at radius 1 is 1.06 bits per heavy atom. The summed E-state index contributed by atoms with van der Waals surface area (Å²) in [5.74, 6) is 7.96. The van der Waals surface area contributed by atoms with Gasteiger partial charge in [-0.2, -0.15) is 15.0 Å². The number of anilines is 3. The molecule has 0 bridgehead atoms. The summed E-state index contributed by atoms with van der Waals surface area (Å²) in [5.41, 5.74) is 7.93. The van der Waals surface area contributed by atoms with E-state index < -0.39 is 0 Å². The smallest absolute Gasteiger partial charge is 0.232 e. The van der Waals surface area contributed by atoms with Gasteiger partial charge >= 0.3 is 0 Å². The number of aromatic nitrogens is 6. The quantitative estimate of drug-likeness (QED) is 0.248. The maximum absolute atomic E-state index is 13.0. The zero-order valence-electron chi connectivity index (χ0n) is 17.8. The summed E-state index contributed by atoms with van der Waals surface area (Å²) in [6.45, 7) is 2.16. The van der Waals surface area contributed by atoms with Gasteiger partial charge in [-0.25, -0.2) is 9.07 Å². The molecule has 4 rings (SSSR count). The fraction of sp³-hybridized carbons (Fsp3) is 0.190. The molecule has 170 valence electrons. The van der Waals surface area contributed by atoms with E-state index in [1.54, 1.807) is 0 Å². The van der Waals surface area contributed by atoms with E-state index in [1.807, 2.05) is 24.3 Å². The monoisotopic (exact) mass is 467 g/mol. The third kappa shape index (κ3) is 5.66. The lowest BCUT2D eigenvalue weighted by atomic mass is 10.1. The molecule has 0 aliphatic carbocycles. The highest BCUT2D eigenvalue weighted by atomic mass is 32.2. The molecule has 10 nitrogen and oxygen atoms in total. The van der Waals surface area contributed by atoms with E-state index in [9.17, 15) is 4.39 Å². The van der Waals surface area contributed by atoms with Gasteiger partial charge in [-0.1, -0.05) is 36.9 Å². The fourth-order valence-corrected chi connectivity index (χ4v) is 3.67. The van der Waals surface area contributed by atoms with Crippen molar-refractivity contribution < 1.29 is 9.13 Å². The Morgan fingerprint density at radius 3 is 2.64 bits per heavy atom. The molecule has 0 atom stereocenters. The molecule has 4 aromatic rings. The number of aryl methyl sites for hydroxylation is 1. The van der Waals surface area contributed by atoms with Crippen molar-refractivity contribution in [2.24, 2.45) is 0 Å². The van der Waals surface area contributed by atoms with Crippen molar-refractivity contribution in [2.45, 2.75) is 30.9 Å². The Hall–Kier alpha value is -3.93. The van der Waals surface area contributed by atoms with Gasteiger partial charge in [0.2, 0.25) is 17.1 Å². The molecule has 0 spiro atoms. The summed E-state index contributed by atoms with van der Waals surface area (Å²) in [5, 5.41) is 11.8. The number of para-hydroxylation sites is 1. The zero-order chi connectivity index (χ0) is 23.2. The molecule has 5 N–H and O–H groups in total. The van der Waals surface area contributed by atoms with Gasteiger partial charge in [0, 0.05) is 5.69 Å². The average molecular weight is 468 g/mol. The molecule has 0 radical (unpaired) electrons. The molecule has 0 aliphatic heterocycles. The van der Waals surface area contributed by atoms with Gasteiger partial charge in [-0.3, -0.25) is 0 Å². The summed E-state index contributed by atoms with van der Waals surface area (Å²) in [7, 11) is 0. The average Bonchev–Trinajstić information content (AvgIpc) is 3.16. The van der Waals surface area contributed by atoms with Gasteiger partial charge in [0.1, 0.15) is 24.0 Å². The molecular weight excluding hydrogens is 445 g/mol. The predicted octanol–water partition coefficient (Wildman–Crippen LogP) is 3.08. The van der Waals surface area contributed by atoms with Crippen molar-refractivity contribution >= 4 is 29.3 Å². The molecular formula is C21H22FN9OS. The van der Waals surface area contributed by atoms with Crippen LogP contribution in [0.2, 0.25) is 0 Å². The van der Waals surface area contributed by atoms with Crippen LogP contribution in [-0.2, 0) is 18.8 Å². The Kier molecular flexibility index (Phi) is 6.83. The number of nitrogens with two attached hydrogens (primary N) is 2. The third-order valence-corrected chi connectivity index (χ3v) is 5.53. The van der Waals surface area contributed by atoms with Crippen molar-refractivity contribution in [2.75, 3.05) is 16.9 Å². The van der Waals surface area contributed by atoms with Gasteiger partial charge in [-0.05, 0) is 42.3 Å². The number of thioether (sulfide) groups is 1. The van der Waals surface area contributed by atoms with E-state index in [0.717, 1.165) is 17.7 Å². The number of halogens is 1. The molecule has 0 saturated carbocycles. The van der Waals surface area contributed by atoms with Gasteiger partial charge in [0.15, 0.2) is 5.82 Å². The lowest BCUT2D eigenvalue weighted by Gasteiger charge is -2.10. The van der Waals surface area contributed by atoms with Crippen LogP contribution in [0, 0.1) is 5.82 Å². The number of hydrogen-bond donors (Lipinski definition) is 3. The first-order valence-electron chi connectivity index (χ1n) is 10.1. The van der Waals surface area contributed by atoms with E-state index in [2.05, 4.69) is 37.4 Å². The molecule has 0 fully saturated rings. The summed E-state index contributed by atoms with van der Waals surface area (Å²) >= 11 is 1.30. The van der Waals surface area contributed by atoms with Crippen LogP contribution in [0.5, 0.6) is 5.75 Å². The lowest BCUT2D eigenvalue weighted by Crippen LogP contribution is -2.16. The molecule has 0 aliphatic rings. The maximum atomic E-state index is 13.0. The summed E-state index contributed by atoms with van der Waals surface area (Å²) in [4.78, 5) is 12.8. The van der Waals surface area contributed by atoms with Gasteiger partial charge in [0.25, 0.3) is 0 Å². The Morgan fingerprint density at radius 2 is 1.85 bits per heavy atom. The topological polar surface area (TPSA) is 143 Å². The molecule has 0 saturated heterocycles. The second-order valence-electron chi connectivity index (χ2n) is 6.87. The van der Waals surface area contributed by atoms with Crippen molar-refractivity contribution in [3.63, 3.8) is 0 Å². The van der Waals surface area contributed by atoms with Crippen LogP contribution >= 0.6 is 11.8 Å². The molecule has 2 aromatic heterocycles. The van der Waals surface area contributed by atoms with Crippen LogP contribution in [0.1, 0.15) is 24.1 Å². The third-order valence-electron chi connectivity index (χ3n) is 4.59. The van der Waals surface area contributed by atoms with Gasteiger partial charge < -0.3 is 21.6 Å². The first kappa shape index (κ1) is 22.3. The maximum Gasteiger partial charge on any atom is 0.232 e. The second-order valence-corrected chi connectivity index (χ2v) is 7.81. The highest BCUT2D eigenvalue weighted by Crippen LogP contribution is 2.22. The van der Waals surface area contributed by atoms with Crippen LogP contribution in [0.3, 0.4) is 0 Å². The predicted molar refractivity (Wildman–Crippen MR) is 124 cm³/mol. The standard InChI is InChI=1S/C21H22FN9OS/c1-2-13-5-3-4-6-16(13)25-20-27-17(26-19(23)28-20)12-33-21-30-29-18(31(21)24)11-32-15-9-7-14(22)8-10-15/h3-10H,2,11-12,24H2,1H3,(H3,23,25,26,27,28). The van der Waals surface area contributed by atoms with Crippen molar-refractivity contribution in [3.8, 4) is 5.75 Å². The van der Waals surface area contributed by atoms with Crippen LogP contribution < -0.4 is 21.6 Å². The van der Waals surface area contributed by atoms with Crippen molar-refractivity contribution in [1.82, 2.24) is 29.8 Å². The zero-order valence-corrected chi connectivity index (χ0v) is 18.6. The number of nitrogens with zero attached hydrogens (tertiary/aromatic N) is 6. The van der Waals surface area contributed by atoms with E-state index in [0.29, 0.717) is 34.3 Å². The SMILES string of the molecule is CCc1ccccc1Nc1nc(N)nc(CSc2nnc(COc3ccc(F)cc3)n2N)n1. The number of nitrogens with one attached hydrogen (secondary N) is 1. The summed E-state index contributed by atoms with van der Waals surface area (Å²) < 4.78 is 19.9. The molecule has 2 heterocycles. The fourth-order valence-electron chi connectivity index (χ4n) is 2.94. The Balaban J connectivity index is 1.40. The summed E-state index contributed by atoms with van der Waals surface area (Å²) in [6.07, 6.45) is 0.867. The van der Waals surface area contributed by atoms with E-state index in [4.69, 9.17) is 16.3 Å². The number of benzene rings is 2. The van der Waals surface area contributed by atoms with Crippen LogP contribution in [-0.4, -0.2) is 29.8 Å². The molecule has 0 unspecified atom stereocenters. The highest BCUT2D eigenvalue weighted by molar-refractivity contribution is 7.98. The normalized spacial score (nSPS) is 10.8. The molecule has 12 heteroatoms. The first-order chi connectivity index (χ1) is 16.0. The van der Waals surface area contributed by atoms with Crippen LogP contribution in [0.25, 0.3) is 0 Å². The minimum atomic E-state index is -0.338. The van der Waals surface area contributed by atoms with E-state index in [1.165, 1.54) is 40.7 Å². The van der Waals surface area contributed by atoms with Gasteiger partial charge in [0.05, 0.1) is 5.75 Å². The number of nitrogen functional groups attached to an aromatic ring is 2. The second kappa shape index (κ2) is 10.1. The number of rotatable bonds is 9. The van der Waals surface area contributed by atoms with Crippen LogP contribution in [0.15, 0.2) is 53.7 Å². The number of ether oxygens (including phenoxy) is 1. The number of hydrogen-bond acceptors (Lipinski definition) is 10. The summed E-state index contributed by atoms with van der Waals surface area (Å²) in [6, 6.07) is 13.6. The lowest BCUT2D eigenvalue weighted by molar-refractivity contribution is 0.291. The van der Waals surface area contributed by atoms with E-state index >= 15 is 0 Å². The highest BCUT2D eigenvalue weighted by Gasteiger charge is 2.13. The minimum absolute atomic E-state index is 0.0826.